The first-order valence-electron chi connectivity index (χ1n) is 8.50. The van der Waals surface area contributed by atoms with Gasteiger partial charge in [-0.3, -0.25) is 15.1 Å². The Hall–Kier alpha value is -2.74. The molecular weight excluding hydrogens is 350 g/mol. The summed E-state index contributed by atoms with van der Waals surface area (Å²) in [5, 5.41) is 16.3. The summed E-state index contributed by atoms with van der Waals surface area (Å²) in [7, 11) is 0. The van der Waals surface area contributed by atoms with Gasteiger partial charge in [0.2, 0.25) is 5.82 Å². The van der Waals surface area contributed by atoms with E-state index < -0.39 is 4.92 Å². The molecule has 0 spiro atoms. The molecule has 0 unspecified atom stereocenters. The van der Waals surface area contributed by atoms with Gasteiger partial charge in [0.25, 0.3) is 0 Å². The quantitative estimate of drug-likeness (QED) is 0.405. The highest BCUT2D eigenvalue weighted by Crippen LogP contribution is 2.39. The van der Waals surface area contributed by atoms with Gasteiger partial charge in [-0.2, -0.15) is 0 Å². The Bertz CT molecular complexity index is 954. The second kappa shape index (κ2) is 7.25. The standard InChI is InChI=1S/C18H17N5O2S/c24-23(25)16-17(22-13-7-1-2-8-13)20-11-21-18(16)26-14-9-3-5-12-6-4-10-19-15(12)14/h3-6,9-11,13H,1-2,7-8H2,(H,20,21,22). The highest BCUT2D eigenvalue weighted by Gasteiger charge is 2.26. The van der Waals surface area contributed by atoms with E-state index in [0.29, 0.717) is 10.8 Å². The van der Waals surface area contributed by atoms with Crippen molar-refractivity contribution in [1.82, 2.24) is 15.0 Å². The van der Waals surface area contributed by atoms with Gasteiger partial charge in [0.15, 0.2) is 5.03 Å². The molecule has 132 valence electrons. The van der Waals surface area contributed by atoms with E-state index in [-0.39, 0.29) is 11.7 Å². The van der Waals surface area contributed by atoms with Crippen LogP contribution in [0.4, 0.5) is 11.5 Å². The van der Waals surface area contributed by atoms with Crippen molar-refractivity contribution in [2.24, 2.45) is 0 Å². The Balaban J connectivity index is 1.72. The van der Waals surface area contributed by atoms with E-state index in [4.69, 9.17) is 0 Å². The van der Waals surface area contributed by atoms with E-state index in [1.807, 2.05) is 30.3 Å². The third kappa shape index (κ3) is 3.32. The van der Waals surface area contributed by atoms with E-state index in [1.165, 1.54) is 18.1 Å². The summed E-state index contributed by atoms with van der Waals surface area (Å²) in [5.41, 5.74) is 0.732. The number of aromatic nitrogens is 3. The van der Waals surface area contributed by atoms with Crippen LogP contribution in [0.5, 0.6) is 0 Å². The fraction of sp³-hybridized carbons (Fsp3) is 0.278. The van der Waals surface area contributed by atoms with Gasteiger partial charge in [0.1, 0.15) is 6.33 Å². The topological polar surface area (TPSA) is 93.8 Å². The fourth-order valence-corrected chi connectivity index (χ4v) is 4.22. The normalized spacial score (nSPS) is 14.6. The molecule has 0 saturated heterocycles. The second-order valence-electron chi connectivity index (χ2n) is 6.19. The van der Waals surface area contributed by atoms with Crippen LogP contribution in [-0.4, -0.2) is 25.9 Å². The van der Waals surface area contributed by atoms with Crippen LogP contribution in [0.15, 0.2) is 52.8 Å². The minimum atomic E-state index is -0.405. The smallest absolute Gasteiger partial charge is 0.343 e. The number of benzene rings is 1. The highest BCUT2D eigenvalue weighted by atomic mass is 32.2. The third-order valence-electron chi connectivity index (χ3n) is 4.47. The van der Waals surface area contributed by atoms with Crippen LogP contribution in [0.25, 0.3) is 10.9 Å². The molecule has 0 bridgehead atoms. The summed E-state index contributed by atoms with van der Waals surface area (Å²) in [6.07, 6.45) is 7.40. The lowest BCUT2D eigenvalue weighted by molar-refractivity contribution is -0.387. The Labute approximate surface area is 154 Å². The molecule has 4 rings (SSSR count). The van der Waals surface area contributed by atoms with E-state index in [0.717, 1.165) is 41.5 Å². The van der Waals surface area contributed by atoms with Crippen molar-refractivity contribution >= 4 is 34.2 Å². The van der Waals surface area contributed by atoms with Gasteiger partial charge < -0.3 is 5.32 Å². The molecule has 1 fully saturated rings. The maximum atomic E-state index is 11.7. The van der Waals surface area contributed by atoms with Gasteiger partial charge in [0.05, 0.1) is 10.4 Å². The third-order valence-corrected chi connectivity index (χ3v) is 5.51. The van der Waals surface area contributed by atoms with Gasteiger partial charge in [-0.1, -0.05) is 42.8 Å². The largest absolute Gasteiger partial charge is 0.361 e. The molecule has 8 heteroatoms. The maximum absolute atomic E-state index is 11.7. The molecule has 2 aromatic heterocycles. The molecule has 7 nitrogen and oxygen atoms in total. The van der Waals surface area contributed by atoms with Crippen molar-refractivity contribution in [1.29, 1.82) is 0 Å². The van der Waals surface area contributed by atoms with Crippen molar-refractivity contribution in [3.8, 4) is 0 Å². The summed E-state index contributed by atoms with van der Waals surface area (Å²) in [4.78, 5) is 24.9. The number of para-hydroxylation sites is 1. The van der Waals surface area contributed by atoms with Crippen LogP contribution < -0.4 is 5.32 Å². The Morgan fingerprint density at radius 3 is 2.73 bits per heavy atom. The summed E-state index contributed by atoms with van der Waals surface area (Å²) in [6, 6.07) is 9.85. The number of nitrogens with one attached hydrogen (secondary N) is 1. The minimum Gasteiger partial charge on any atom is -0.361 e. The van der Waals surface area contributed by atoms with E-state index in [9.17, 15) is 10.1 Å². The summed E-state index contributed by atoms with van der Waals surface area (Å²) in [5.74, 6) is 0.299. The number of anilines is 1. The number of hydrogen-bond donors (Lipinski definition) is 1. The maximum Gasteiger partial charge on any atom is 0.343 e. The zero-order valence-electron chi connectivity index (χ0n) is 14.0. The Kier molecular flexibility index (Phi) is 4.66. The second-order valence-corrected chi connectivity index (χ2v) is 7.22. The molecular formula is C18H17N5O2S. The molecule has 26 heavy (non-hydrogen) atoms. The molecule has 1 saturated carbocycles. The molecule has 0 atom stereocenters. The van der Waals surface area contributed by atoms with Crippen LogP contribution in [0, 0.1) is 10.1 Å². The molecule has 1 aliphatic rings. The van der Waals surface area contributed by atoms with Gasteiger partial charge in [0, 0.05) is 22.5 Å². The van der Waals surface area contributed by atoms with Crippen LogP contribution in [0.2, 0.25) is 0 Å². The molecule has 0 radical (unpaired) electrons. The summed E-state index contributed by atoms with van der Waals surface area (Å²) < 4.78 is 0. The van der Waals surface area contributed by atoms with E-state index >= 15 is 0 Å². The van der Waals surface area contributed by atoms with E-state index in [2.05, 4.69) is 20.3 Å². The van der Waals surface area contributed by atoms with Gasteiger partial charge in [-0.05, 0) is 25.0 Å². The molecule has 0 aliphatic heterocycles. The zero-order valence-corrected chi connectivity index (χ0v) is 14.8. The number of nitro groups is 1. The van der Waals surface area contributed by atoms with Crippen LogP contribution >= 0.6 is 11.8 Å². The van der Waals surface area contributed by atoms with Gasteiger partial charge in [-0.25, -0.2) is 9.97 Å². The van der Waals surface area contributed by atoms with E-state index in [1.54, 1.807) is 6.20 Å². The number of hydrogen-bond acceptors (Lipinski definition) is 7. The Morgan fingerprint density at radius 2 is 1.92 bits per heavy atom. The number of nitrogens with zero attached hydrogens (tertiary/aromatic N) is 4. The average Bonchev–Trinajstić information content (AvgIpc) is 3.15. The first-order valence-corrected chi connectivity index (χ1v) is 9.31. The first-order chi connectivity index (χ1) is 12.7. The fourth-order valence-electron chi connectivity index (χ4n) is 3.23. The van der Waals surface area contributed by atoms with Crippen molar-refractivity contribution in [2.45, 2.75) is 41.6 Å². The first kappa shape index (κ1) is 16.7. The number of pyridine rings is 1. The van der Waals surface area contributed by atoms with Crippen LogP contribution in [-0.2, 0) is 0 Å². The predicted octanol–water partition coefficient (Wildman–Crippen LogP) is 4.44. The average molecular weight is 367 g/mol. The minimum absolute atomic E-state index is 0.0719. The lowest BCUT2D eigenvalue weighted by Gasteiger charge is -2.13. The van der Waals surface area contributed by atoms with Crippen molar-refractivity contribution in [3.63, 3.8) is 0 Å². The highest BCUT2D eigenvalue weighted by molar-refractivity contribution is 7.99. The van der Waals surface area contributed by atoms with Crippen LogP contribution in [0.1, 0.15) is 25.7 Å². The van der Waals surface area contributed by atoms with Gasteiger partial charge in [-0.15, -0.1) is 0 Å². The summed E-state index contributed by atoms with van der Waals surface area (Å²) in [6.45, 7) is 0. The van der Waals surface area contributed by atoms with Gasteiger partial charge >= 0.3 is 5.69 Å². The monoisotopic (exact) mass is 367 g/mol. The van der Waals surface area contributed by atoms with Crippen LogP contribution in [0.3, 0.4) is 0 Å². The number of rotatable bonds is 5. The van der Waals surface area contributed by atoms with Crippen molar-refractivity contribution in [2.75, 3.05) is 5.32 Å². The lowest BCUT2D eigenvalue weighted by atomic mass is 10.2. The Morgan fingerprint density at radius 1 is 1.12 bits per heavy atom. The van der Waals surface area contributed by atoms with Crippen molar-refractivity contribution in [3.05, 3.63) is 53.0 Å². The SMILES string of the molecule is O=[N+]([O-])c1c(NC2CCCC2)ncnc1Sc1cccc2cccnc12. The van der Waals surface area contributed by atoms with Crippen molar-refractivity contribution < 1.29 is 4.92 Å². The molecule has 1 N–H and O–H groups in total. The molecule has 1 aromatic carbocycles. The predicted molar refractivity (Wildman–Crippen MR) is 100 cm³/mol. The zero-order chi connectivity index (χ0) is 17.9. The molecule has 2 heterocycles. The number of fused-ring (bicyclic) bond motifs is 1. The molecule has 0 amide bonds. The lowest BCUT2D eigenvalue weighted by Crippen LogP contribution is -2.17. The molecule has 3 aromatic rings. The summed E-state index contributed by atoms with van der Waals surface area (Å²) >= 11 is 1.25. The molecule has 1 aliphatic carbocycles.